The Balaban J connectivity index is 0.00000192. The van der Waals surface area contributed by atoms with E-state index in [1.165, 1.54) is 10.4 Å². The maximum Gasteiger partial charge on any atom is 0.252 e. The van der Waals surface area contributed by atoms with Gasteiger partial charge in [-0.25, -0.2) is 8.42 Å². The molecule has 2 aliphatic rings. The molecule has 1 aromatic heterocycles. The van der Waals surface area contributed by atoms with Gasteiger partial charge in [0.2, 0.25) is 5.91 Å². The largest absolute Gasteiger partial charge is 0.340 e. The predicted octanol–water partition coefficient (Wildman–Crippen LogP) is 1.27. The van der Waals surface area contributed by atoms with Gasteiger partial charge in [0.15, 0.2) is 0 Å². The van der Waals surface area contributed by atoms with E-state index in [-0.39, 0.29) is 28.4 Å². The highest BCUT2D eigenvalue weighted by Gasteiger charge is 2.33. The molecule has 23 heavy (non-hydrogen) atoms. The Morgan fingerprint density at radius 2 is 1.96 bits per heavy atom. The topological polar surface area (TPSA) is 69.7 Å². The molecular weight excluding hydrogens is 381 g/mol. The highest BCUT2D eigenvalue weighted by Crippen LogP contribution is 2.28. The van der Waals surface area contributed by atoms with Gasteiger partial charge in [-0.05, 0) is 25.1 Å². The second-order valence-corrected chi connectivity index (χ2v) is 9.36. The van der Waals surface area contributed by atoms with Crippen molar-refractivity contribution in [3.05, 3.63) is 16.5 Å². The van der Waals surface area contributed by atoms with Gasteiger partial charge in [0.25, 0.3) is 10.0 Å². The first-order valence-corrected chi connectivity index (χ1v) is 9.87. The molecule has 0 spiro atoms. The predicted molar refractivity (Wildman–Crippen MR) is 92.9 cm³/mol. The van der Waals surface area contributed by atoms with Gasteiger partial charge in [-0.2, -0.15) is 4.31 Å². The van der Waals surface area contributed by atoms with Crippen LogP contribution in [-0.2, 0) is 14.8 Å². The molecule has 1 aromatic rings. The third-order valence-electron chi connectivity index (χ3n) is 4.10. The summed E-state index contributed by atoms with van der Waals surface area (Å²) in [7, 11) is -3.49. The van der Waals surface area contributed by atoms with Gasteiger partial charge in [-0.1, -0.05) is 11.6 Å². The van der Waals surface area contributed by atoms with Crippen LogP contribution in [0.3, 0.4) is 0 Å². The van der Waals surface area contributed by atoms with Crippen molar-refractivity contribution >= 4 is 51.3 Å². The number of halogens is 2. The second-order valence-electron chi connectivity index (χ2n) is 5.48. The van der Waals surface area contributed by atoms with Crippen LogP contribution in [0.4, 0.5) is 0 Å². The van der Waals surface area contributed by atoms with Crippen LogP contribution in [0.5, 0.6) is 0 Å². The number of rotatable bonds is 3. The van der Waals surface area contributed by atoms with Crippen molar-refractivity contribution in [2.45, 2.75) is 10.6 Å². The molecule has 6 nitrogen and oxygen atoms in total. The quantitative estimate of drug-likeness (QED) is 0.830. The molecule has 130 valence electrons. The molecule has 3 rings (SSSR count). The summed E-state index contributed by atoms with van der Waals surface area (Å²) in [5.41, 5.74) is 0. The van der Waals surface area contributed by atoms with Crippen molar-refractivity contribution in [1.29, 1.82) is 0 Å². The summed E-state index contributed by atoms with van der Waals surface area (Å²) in [5.74, 6) is 0.181. The SMILES string of the molecule is Cl.O=C(C1CCNC1)N1CCN(S(=O)(=O)c2ccc(Cl)s2)CC1. The van der Waals surface area contributed by atoms with Gasteiger partial charge >= 0.3 is 0 Å². The van der Waals surface area contributed by atoms with Crippen LogP contribution in [0, 0.1) is 5.92 Å². The summed E-state index contributed by atoms with van der Waals surface area (Å²) < 4.78 is 27.2. The van der Waals surface area contributed by atoms with Crippen molar-refractivity contribution in [2.24, 2.45) is 5.92 Å². The van der Waals surface area contributed by atoms with Crippen molar-refractivity contribution in [3.8, 4) is 0 Å². The van der Waals surface area contributed by atoms with Crippen LogP contribution in [0.2, 0.25) is 4.34 Å². The molecule has 0 aromatic carbocycles. The number of thiophene rings is 1. The van der Waals surface area contributed by atoms with Crippen LogP contribution in [-0.4, -0.2) is 62.8 Å². The summed E-state index contributed by atoms with van der Waals surface area (Å²) in [5, 5.41) is 3.18. The number of sulfonamides is 1. The minimum atomic E-state index is -3.49. The maximum absolute atomic E-state index is 12.5. The van der Waals surface area contributed by atoms with E-state index in [0.717, 1.165) is 30.8 Å². The minimum Gasteiger partial charge on any atom is -0.340 e. The van der Waals surface area contributed by atoms with Crippen LogP contribution in [0.1, 0.15) is 6.42 Å². The first-order chi connectivity index (χ1) is 10.5. The molecule has 0 saturated carbocycles. The summed E-state index contributed by atoms with van der Waals surface area (Å²) in [6, 6.07) is 3.12. The first kappa shape index (κ1) is 19.0. The van der Waals surface area contributed by atoms with Crippen molar-refractivity contribution < 1.29 is 13.2 Å². The zero-order valence-corrected chi connectivity index (χ0v) is 15.6. The van der Waals surface area contributed by atoms with E-state index in [4.69, 9.17) is 11.6 Å². The van der Waals surface area contributed by atoms with Gasteiger partial charge in [-0.15, -0.1) is 23.7 Å². The minimum absolute atomic E-state index is 0. The molecule has 1 N–H and O–H groups in total. The highest BCUT2D eigenvalue weighted by molar-refractivity contribution is 7.91. The lowest BCUT2D eigenvalue weighted by Crippen LogP contribution is -2.52. The van der Waals surface area contributed by atoms with Crippen LogP contribution >= 0.6 is 35.3 Å². The standard InChI is InChI=1S/C13H18ClN3O3S2.ClH/c14-11-1-2-12(21-11)22(19,20)17-7-5-16(6-8-17)13(18)10-3-4-15-9-10;/h1-2,10,15H,3-9H2;1H. The van der Waals surface area contributed by atoms with Crippen molar-refractivity contribution in [1.82, 2.24) is 14.5 Å². The molecule has 3 heterocycles. The summed E-state index contributed by atoms with van der Waals surface area (Å²) in [6.07, 6.45) is 0.866. The number of nitrogens with one attached hydrogen (secondary N) is 1. The molecule has 0 radical (unpaired) electrons. The maximum atomic E-state index is 12.5. The number of carbonyl (C=O) groups excluding carboxylic acids is 1. The number of hydrogen-bond donors (Lipinski definition) is 1. The lowest BCUT2D eigenvalue weighted by Gasteiger charge is -2.34. The van der Waals surface area contributed by atoms with Gasteiger partial charge < -0.3 is 10.2 Å². The lowest BCUT2D eigenvalue weighted by molar-refractivity contribution is -0.136. The van der Waals surface area contributed by atoms with E-state index >= 15 is 0 Å². The number of piperazine rings is 1. The molecule has 1 amide bonds. The molecule has 2 saturated heterocycles. The fourth-order valence-electron chi connectivity index (χ4n) is 2.84. The zero-order chi connectivity index (χ0) is 15.7. The average Bonchev–Trinajstić information content (AvgIpc) is 3.18. The molecule has 2 aliphatic heterocycles. The fraction of sp³-hybridized carbons (Fsp3) is 0.615. The van der Waals surface area contributed by atoms with Crippen molar-refractivity contribution in [2.75, 3.05) is 39.3 Å². The Bertz CT molecular complexity index is 651. The third-order valence-corrected chi connectivity index (χ3v) is 7.70. The Kier molecular flexibility index (Phi) is 6.32. The summed E-state index contributed by atoms with van der Waals surface area (Å²) in [6.45, 7) is 3.18. The van der Waals surface area contributed by atoms with E-state index in [2.05, 4.69) is 5.32 Å². The summed E-state index contributed by atoms with van der Waals surface area (Å²) in [4.78, 5) is 14.1. The van der Waals surface area contributed by atoms with Crippen molar-refractivity contribution in [3.63, 3.8) is 0 Å². The Hall–Kier alpha value is -0.380. The van der Waals surface area contributed by atoms with Gasteiger partial charge in [0.1, 0.15) is 4.21 Å². The van der Waals surface area contributed by atoms with E-state index in [0.29, 0.717) is 30.5 Å². The summed E-state index contributed by atoms with van der Waals surface area (Å²) >= 11 is 6.88. The Morgan fingerprint density at radius 1 is 1.26 bits per heavy atom. The molecule has 10 heteroatoms. The van der Waals surface area contributed by atoms with Crippen LogP contribution in [0.25, 0.3) is 0 Å². The van der Waals surface area contributed by atoms with E-state index in [1.54, 1.807) is 11.0 Å². The second kappa shape index (κ2) is 7.67. The van der Waals surface area contributed by atoms with Crippen LogP contribution < -0.4 is 5.32 Å². The number of carbonyl (C=O) groups is 1. The monoisotopic (exact) mass is 399 g/mol. The van der Waals surface area contributed by atoms with Gasteiger partial charge in [0.05, 0.1) is 10.3 Å². The third kappa shape index (κ3) is 4.00. The van der Waals surface area contributed by atoms with E-state index in [1.807, 2.05) is 0 Å². The van der Waals surface area contributed by atoms with E-state index < -0.39 is 10.0 Å². The smallest absolute Gasteiger partial charge is 0.252 e. The Morgan fingerprint density at radius 3 is 2.48 bits per heavy atom. The normalized spacial score (nSPS) is 22.8. The van der Waals surface area contributed by atoms with Gasteiger partial charge in [0, 0.05) is 32.7 Å². The Labute approximate surface area is 151 Å². The molecular formula is C13H19Cl2N3O3S2. The molecule has 1 unspecified atom stereocenters. The molecule has 0 bridgehead atoms. The first-order valence-electron chi connectivity index (χ1n) is 7.23. The zero-order valence-electron chi connectivity index (χ0n) is 12.4. The average molecular weight is 400 g/mol. The van der Waals surface area contributed by atoms with E-state index in [9.17, 15) is 13.2 Å². The number of amides is 1. The highest BCUT2D eigenvalue weighted by atomic mass is 35.5. The van der Waals surface area contributed by atoms with Crippen LogP contribution in [0.15, 0.2) is 16.3 Å². The molecule has 2 fully saturated rings. The van der Waals surface area contributed by atoms with Gasteiger partial charge in [-0.3, -0.25) is 4.79 Å². The number of nitrogens with zero attached hydrogens (tertiary/aromatic N) is 2. The molecule has 0 aliphatic carbocycles. The fourth-order valence-corrected chi connectivity index (χ4v) is 5.90. The molecule has 1 atom stereocenters. The lowest BCUT2D eigenvalue weighted by atomic mass is 10.1. The number of hydrogen-bond acceptors (Lipinski definition) is 5.